The molecule has 0 spiro atoms. The van der Waals surface area contributed by atoms with E-state index in [4.69, 9.17) is 23.2 Å². The molecule has 1 aromatic rings. The number of nitrogens with zero attached hydrogens (tertiary/aromatic N) is 1. The van der Waals surface area contributed by atoms with E-state index in [1.807, 2.05) is 24.9 Å². The molecule has 2 rings (SSSR count). The summed E-state index contributed by atoms with van der Waals surface area (Å²) in [6.45, 7) is 1.01. The van der Waals surface area contributed by atoms with Crippen LogP contribution in [0.1, 0.15) is 11.7 Å². The summed E-state index contributed by atoms with van der Waals surface area (Å²) in [5.41, 5.74) is 0.832. The molecule has 1 N–H and O–H groups in total. The van der Waals surface area contributed by atoms with Gasteiger partial charge in [-0.25, -0.2) is 0 Å². The fraction of sp³-hybridized carbons (Fsp3) is 0.500. The summed E-state index contributed by atoms with van der Waals surface area (Å²) < 4.78 is 0. The van der Waals surface area contributed by atoms with Crippen molar-refractivity contribution >= 4 is 35.0 Å². The lowest BCUT2D eigenvalue weighted by atomic mass is 10.0. The van der Waals surface area contributed by atoms with E-state index in [0.717, 1.165) is 23.6 Å². The third-order valence-corrected chi connectivity index (χ3v) is 4.88. The van der Waals surface area contributed by atoms with Crippen LogP contribution >= 0.6 is 35.0 Å². The van der Waals surface area contributed by atoms with Crippen molar-refractivity contribution in [2.24, 2.45) is 0 Å². The summed E-state index contributed by atoms with van der Waals surface area (Å²) >= 11 is 13.7. The van der Waals surface area contributed by atoms with Gasteiger partial charge in [-0.2, -0.15) is 11.8 Å². The van der Waals surface area contributed by atoms with Crippen molar-refractivity contribution in [2.75, 3.05) is 25.1 Å². The fourth-order valence-electron chi connectivity index (χ4n) is 1.96. The molecule has 1 aromatic carbocycles. The van der Waals surface area contributed by atoms with Crippen LogP contribution in [0.15, 0.2) is 18.2 Å². The van der Waals surface area contributed by atoms with E-state index in [1.54, 1.807) is 12.1 Å². The van der Waals surface area contributed by atoms with Gasteiger partial charge < -0.3 is 5.11 Å². The second kappa shape index (κ2) is 5.81. The number of benzene rings is 1. The number of halogens is 2. The van der Waals surface area contributed by atoms with Gasteiger partial charge in [-0.15, -0.1) is 0 Å². The number of aliphatic hydroxyl groups excluding tert-OH is 1. The van der Waals surface area contributed by atoms with Gasteiger partial charge in [0, 0.05) is 24.1 Å². The van der Waals surface area contributed by atoms with Crippen molar-refractivity contribution in [3.63, 3.8) is 0 Å². The zero-order chi connectivity index (χ0) is 12.4. The Balaban J connectivity index is 2.17. The van der Waals surface area contributed by atoms with E-state index in [2.05, 4.69) is 4.90 Å². The zero-order valence-electron chi connectivity index (χ0n) is 9.57. The summed E-state index contributed by atoms with van der Waals surface area (Å²) in [7, 11) is 2.05. The quantitative estimate of drug-likeness (QED) is 0.906. The monoisotopic (exact) mass is 291 g/mol. The minimum atomic E-state index is -0.512. The van der Waals surface area contributed by atoms with E-state index in [0.29, 0.717) is 10.0 Å². The molecule has 0 amide bonds. The van der Waals surface area contributed by atoms with Gasteiger partial charge >= 0.3 is 0 Å². The highest BCUT2D eigenvalue weighted by atomic mass is 35.5. The molecule has 2 nitrogen and oxygen atoms in total. The molecule has 1 heterocycles. The van der Waals surface area contributed by atoms with Gasteiger partial charge in [0.15, 0.2) is 0 Å². The molecule has 94 valence electrons. The summed E-state index contributed by atoms with van der Waals surface area (Å²) in [6.07, 6.45) is -0.512. The lowest BCUT2D eigenvalue weighted by molar-refractivity contribution is 0.0759. The van der Waals surface area contributed by atoms with Gasteiger partial charge in [0.05, 0.1) is 16.1 Å². The van der Waals surface area contributed by atoms with Crippen LogP contribution in [0.25, 0.3) is 0 Å². The first-order chi connectivity index (χ1) is 8.09. The predicted molar refractivity (Wildman–Crippen MR) is 75.2 cm³/mol. The molecule has 17 heavy (non-hydrogen) atoms. The highest BCUT2D eigenvalue weighted by molar-refractivity contribution is 7.99. The second-order valence-corrected chi connectivity index (χ2v) is 6.21. The SMILES string of the molecule is CN1CCSCC1C(O)c1ccc(Cl)c(Cl)c1. The first-order valence-corrected chi connectivity index (χ1v) is 7.41. The molecule has 1 fully saturated rings. The molecule has 0 radical (unpaired) electrons. The molecule has 1 saturated heterocycles. The van der Waals surface area contributed by atoms with Crippen LogP contribution in [0.3, 0.4) is 0 Å². The second-order valence-electron chi connectivity index (χ2n) is 4.24. The lowest BCUT2D eigenvalue weighted by Crippen LogP contribution is -2.43. The zero-order valence-corrected chi connectivity index (χ0v) is 11.9. The van der Waals surface area contributed by atoms with Gasteiger partial charge in [0.2, 0.25) is 0 Å². The summed E-state index contributed by atoms with van der Waals surface area (Å²) in [4.78, 5) is 2.20. The number of thioether (sulfide) groups is 1. The normalized spacial score (nSPS) is 23.6. The average molecular weight is 292 g/mol. The maximum absolute atomic E-state index is 10.4. The first-order valence-electron chi connectivity index (χ1n) is 5.50. The van der Waals surface area contributed by atoms with E-state index in [9.17, 15) is 5.11 Å². The van der Waals surface area contributed by atoms with E-state index in [1.165, 1.54) is 0 Å². The molecular weight excluding hydrogens is 277 g/mol. The van der Waals surface area contributed by atoms with Crippen molar-refractivity contribution in [1.82, 2.24) is 4.90 Å². The fourth-order valence-corrected chi connectivity index (χ4v) is 3.52. The van der Waals surface area contributed by atoms with Crippen molar-refractivity contribution in [3.8, 4) is 0 Å². The van der Waals surface area contributed by atoms with E-state index < -0.39 is 6.10 Å². The van der Waals surface area contributed by atoms with Crippen LogP contribution in [-0.4, -0.2) is 41.1 Å². The third-order valence-electron chi connectivity index (χ3n) is 3.09. The van der Waals surface area contributed by atoms with E-state index >= 15 is 0 Å². The van der Waals surface area contributed by atoms with Crippen LogP contribution in [0.2, 0.25) is 10.0 Å². The Kier molecular flexibility index (Phi) is 4.61. The van der Waals surface area contributed by atoms with Crippen LogP contribution in [0, 0.1) is 0 Å². The topological polar surface area (TPSA) is 23.5 Å². The van der Waals surface area contributed by atoms with Gasteiger partial charge in [-0.1, -0.05) is 29.3 Å². The Morgan fingerprint density at radius 3 is 2.82 bits per heavy atom. The molecule has 1 aliphatic heterocycles. The highest BCUT2D eigenvalue weighted by Gasteiger charge is 2.27. The highest BCUT2D eigenvalue weighted by Crippen LogP contribution is 2.30. The van der Waals surface area contributed by atoms with Gasteiger partial charge in [0.1, 0.15) is 0 Å². The number of rotatable bonds is 2. The Morgan fingerprint density at radius 1 is 1.41 bits per heavy atom. The minimum absolute atomic E-state index is 0.144. The molecular formula is C12H15Cl2NOS. The Morgan fingerprint density at radius 2 is 2.18 bits per heavy atom. The Bertz CT molecular complexity index is 402. The van der Waals surface area contributed by atoms with Crippen molar-refractivity contribution in [2.45, 2.75) is 12.1 Å². The molecule has 2 atom stereocenters. The third kappa shape index (κ3) is 3.09. The first kappa shape index (κ1) is 13.5. The molecule has 1 aliphatic rings. The van der Waals surface area contributed by atoms with Crippen LogP contribution in [-0.2, 0) is 0 Å². The molecule has 0 aliphatic carbocycles. The van der Waals surface area contributed by atoms with Crippen LogP contribution < -0.4 is 0 Å². The molecule has 0 saturated carbocycles. The van der Waals surface area contributed by atoms with Gasteiger partial charge in [-0.05, 0) is 24.7 Å². The number of hydrogen-bond acceptors (Lipinski definition) is 3. The molecule has 2 unspecified atom stereocenters. The maximum atomic E-state index is 10.4. The summed E-state index contributed by atoms with van der Waals surface area (Å²) in [6, 6.07) is 5.47. The minimum Gasteiger partial charge on any atom is -0.387 e. The van der Waals surface area contributed by atoms with Crippen molar-refractivity contribution < 1.29 is 5.11 Å². The number of aliphatic hydroxyl groups is 1. The lowest BCUT2D eigenvalue weighted by Gasteiger charge is -2.35. The maximum Gasteiger partial charge on any atom is 0.0953 e. The van der Waals surface area contributed by atoms with Crippen LogP contribution in [0.4, 0.5) is 0 Å². The Hall–Kier alpha value is 0.0700. The Labute approximate surface area is 116 Å². The summed E-state index contributed by atoms with van der Waals surface area (Å²) in [5.74, 6) is 2.07. The van der Waals surface area contributed by atoms with Crippen molar-refractivity contribution in [3.05, 3.63) is 33.8 Å². The van der Waals surface area contributed by atoms with Gasteiger partial charge in [-0.3, -0.25) is 4.90 Å². The number of likely N-dealkylation sites (N-methyl/N-ethyl adjacent to an activating group) is 1. The summed E-state index contributed by atoms with van der Waals surface area (Å²) in [5, 5.41) is 11.4. The predicted octanol–water partition coefficient (Wildman–Crippen LogP) is 3.07. The molecule has 5 heteroatoms. The number of hydrogen-bond donors (Lipinski definition) is 1. The van der Waals surface area contributed by atoms with Gasteiger partial charge in [0.25, 0.3) is 0 Å². The largest absolute Gasteiger partial charge is 0.387 e. The average Bonchev–Trinajstić information content (AvgIpc) is 2.32. The van der Waals surface area contributed by atoms with Crippen LogP contribution in [0.5, 0.6) is 0 Å². The van der Waals surface area contributed by atoms with Crippen molar-refractivity contribution in [1.29, 1.82) is 0 Å². The van der Waals surface area contributed by atoms with E-state index in [-0.39, 0.29) is 6.04 Å². The smallest absolute Gasteiger partial charge is 0.0953 e. The molecule has 0 bridgehead atoms. The standard InChI is InChI=1S/C12H15Cl2NOS/c1-15-4-5-17-7-11(15)12(16)8-2-3-9(13)10(14)6-8/h2-3,6,11-12,16H,4-5,7H2,1H3. The molecule has 0 aromatic heterocycles.